The Morgan fingerprint density at radius 1 is 1.17 bits per heavy atom. The smallest absolute Gasteiger partial charge is 0.224 e. The van der Waals surface area contributed by atoms with Gasteiger partial charge in [-0.05, 0) is 55.7 Å². The quantitative estimate of drug-likeness (QED) is 0.428. The summed E-state index contributed by atoms with van der Waals surface area (Å²) in [5.74, 6) is 0.592. The highest BCUT2D eigenvalue weighted by Crippen LogP contribution is 2.27. The van der Waals surface area contributed by atoms with Crippen LogP contribution < -0.4 is 11.1 Å². The predicted octanol–water partition coefficient (Wildman–Crippen LogP) is 2.92. The number of nitrogens with one attached hydrogen (secondary N) is 1. The minimum Gasteiger partial charge on any atom is -0.370 e. The van der Waals surface area contributed by atoms with Crippen molar-refractivity contribution in [1.82, 2.24) is 4.90 Å². The van der Waals surface area contributed by atoms with Crippen molar-refractivity contribution < 1.29 is 4.79 Å². The fourth-order valence-electron chi connectivity index (χ4n) is 3.47. The van der Waals surface area contributed by atoms with Crippen molar-refractivity contribution in [2.75, 3.05) is 25.0 Å². The molecule has 6 heteroatoms. The molecule has 5 nitrogen and oxygen atoms in total. The van der Waals surface area contributed by atoms with E-state index in [4.69, 9.17) is 5.73 Å². The van der Waals surface area contributed by atoms with E-state index in [1.807, 2.05) is 4.90 Å². The molecule has 2 aliphatic rings. The van der Waals surface area contributed by atoms with Crippen molar-refractivity contribution in [3.8, 4) is 0 Å². The molecule has 0 aromatic heterocycles. The van der Waals surface area contributed by atoms with Gasteiger partial charge in [0, 0.05) is 25.2 Å². The Balaban J connectivity index is 0.00000208. The van der Waals surface area contributed by atoms with Gasteiger partial charge in [0.2, 0.25) is 5.91 Å². The highest BCUT2D eigenvalue weighted by atomic mass is 127. The summed E-state index contributed by atoms with van der Waals surface area (Å²) < 4.78 is 0. The van der Waals surface area contributed by atoms with Gasteiger partial charge in [0.25, 0.3) is 0 Å². The predicted molar refractivity (Wildman–Crippen MR) is 109 cm³/mol. The second kappa shape index (κ2) is 9.25. The molecule has 0 saturated carbocycles. The molecule has 1 heterocycles. The number of amides is 1. The van der Waals surface area contributed by atoms with Crippen molar-refractivity contribution in [1.29, 1.82) is 0 Å². The summed E-state index contributed by atoms with van der Waals surface area (Å²) in [7, 11) is 0. The second-order valence-electron chi connectivity index (χ2n) is 6.38. The van der Waals surface area contributed by atoms with E-state index in [2.05, 4.69) is 28.5 Å². The van der Waals surface area contributed by atoms with Gasteiger partial charge in [-0.1, -0.05) is 12.1 Å². The standard InChI is InChI=1S/C18H26N4O.HI/c19-18(20-11-10-17(23)22-12-3-4-13-22)21-16-9-5-7-14-6-1-2-8-15(14)16;/h5,7,9H,1-4,6,8,10-13H2,(H3,19,20,21);1H. The van der Waals surface area contributed by atoms with Gasteiger partial charge in [-0.25, -0.2) is 0 Å². The third kappa shape index (κ3) is 4.84. The molecule has 0 unspecified atom stereocenters. The fourth-order valence-corrected chi connectivity index (χ4v) is 3.47. The highest BCUT2D eigenvalue weighted by molar-refractivity contribution is 14.0. The Hall–Kier alpha value is -1.31. The van der Waals surface area contributed by atoms with Crippen LogP contribution in [0.5, 0.6) is 0 Å². The maximum Gasteiger partial charge on any atom is 0.224 e. The average Bonchev–Trinajstić information content (AvgIpc) is 3.10. The molecule has 24 heavy (non-hydrogen) atoms. The zero-order valence-electron chi connectivity index (χ0n) is 14.1. The summed E-state index contributed by atoms with van der Waals surface area (Å²) in [6.07, 6.45) is 7.42. The minimum atomic E-state index is 0. The van der Waals surface area contributed by atoms with E-state index >= 15 is 0 Å². The van der Waals surface area contributed by atoms with Gasteiger partial charge >= 0.3 is 0 Å². The number of benzene rings is 1. The first-order chi connectivity index (χ1) is 11.2. The molecule has 1 aromatic rings. The van der Waals surface area contributed by atoms with Gasteiger partial charge < -0.3 is 16.0 Å². The topological polar surface area (TPSA) is 70.7 Å². The van der Waals surface area contributed by atoms with Crippen LogP contribution in [0.15, 0.2) is 23.2 Å². The summed E-state index contributed by atoms with van der Waals surface area (Å²) in [5, 5.41) is 3.22. The third-order valence-corrected chi connectivity index (χ3v) is 4.73. The van der Waals surface area contributed by atoms with Gasteiger partial charge in [0.1, 0.15) is 0 Å². The maximum absolute atomic E-state index is 12.0. The van der Waals surface area contributed by atoms with E-state index in [9.17, 15) is 4.79 Å². The number of aryl methyl sites for hydroxylation is 1. The number of hydrogen-bond donors (Lipinski definition) is 2. The average molecular weight is 442 g/mol. The van der Waals surface area contributed by atoms with Crippen LogP contribution in [0.4, 0.5) is 5.69 Å². The summed E-state index contributed by atoms with van der Waals surface area (Å²) in [4.78, 5) is 18.2. The molecule has 3 rings (SSSR count). The van der Waals surface area contributed by atoms with Crippen LogP contribution in [0.2, 0.25) is 0 Å². The molecule has 132 valence electrons. The lowest BCUT2D eigenvalue weighted by Gasteiger charge is -2.20. The fraction of sp³-hybridized carbons (Fsp3) is 0.556. The summed E-state index contributed by atoms with van der Waals surface area (Å²) in [6, 6.07) is 6.32. The first-order valence-electron chi connectivity index (χ1n) is 8.69. The Labute approximate surface area is 161 Å². The number of rotatable bonds is 4. The molecule has 1 aliphatic carbocycles. The van der Waals surface area contributed by atoms with E-state index in [0.717, 1.165) is 44.5 Å². The molecule has 0 atom stereocenters. The number of halogens is 1. The van der Waals surface area contributed by atoms with Crippen LogP contribution >= 0.6 is 24.0 Å². The van der Waals surface area contributed by atoms with Crippen molar-refractivity contribution >= 4 is 41.5 Å². The highest BCUT2D eigenvalue weighted by Gasteiger charge is 2.17. The number of nitrogens with zero attached hydrogens (tertiary/aromatic N) is 2. The van der Waals surface area contributed by atoms with E-state index in [1.165, 1.54) is 24.0 Å². The van der Waals surface area contributed by atoms with Gasteiger partial charge in [-0.15, -0.1) is 24.0 Å². The summed E-state index contributed by atoms with van der Waals surface area (Å²) >= 11 is 0. The molecule has 0 radical (unpaired) electrons. The molecule has 1 amide bonds. The number of fused-ring (bicyclic) bond motifs is 1. The Morgan fingerprint density at radius 2 is 1.92 bits per heavy atom. The molecule has 1 aliphatic heterocycles. The Kier molecular flexibility index (Phi) is 7.33. The number of aliphatic imine (C=N–C) groups is 1. The number of likely N-dealkylation sites (tertiary alicyclic amines) is 1. The number of carbonyl (C=O) groups excluding carboxylic acids is 1. The van der Waals surface area contributed by atoms with Gasteiger partial charge in [0.15, 0.2) is 5.96 Å². The largest absolute Gasteiger partial charge is 0.370 e. The van der Waals surface area contributed by atoms with Gasteiger partial charge in [-0.3, -0.25) is 9.79 Å². The molecular weight excluding hydrogens is 415 g/mol. The first kappa shape index (κ1) is 19.0. The van der Waals surface area contributed by atoms with Crippen LogP contribution in [-0.4, -0.2) is 36.4 Å². The maximum atomic E-state index is 12.0. The number of carbonyl (C=O) groups is 1. The van der Waals surface area contributed by atoms with Gasteiger partial charge in [-0.2, -0.15) is 0 Å². The molecule has 1 saturated heterocycles. The summed E-state index contributed by atoms with van der Waals surface area (Å²) in [6.45, 7) is 2.24. The Morgan fingerprint density at radius 3 is 2.71 bits per heavy atom. The van der Waals surface area contributed by atoms with E-state index in [1.54, 1.807) is 0 Å². The van der Waals surface area contributed by atoms with Crippen LogP contribution in [-0.2, 0) is 17.6 Å². The van der Waals surface area contributed by atoms with E-state index in [-0.39, 0.29) is 29.9 Å². The molecule has 0 spiro atoms. The van der Waals surface area contributed by atoms with Crippen molar-refractivity contribution in [2.45, 2.75) is 44.9 Å². The number of nitrogens with two attached hydrogens (primary N) is 1. The lowest BCUT2D eigenvalue weighted by molar-refractivity contribution is -0.129. The SMILES string of the molecule is I.NC(=NCCC(=O)N1CCCC1)Nc1cccc2c1CCCC2. The number of anilines is 1. The second-order valence-corrected chi connectivity index (χ2v) is 6.38. The van der Waals surface area contributed by atoms with E-state index < -0.39 is 0 Å². The lowest BCUT2D eigenvalue weighted by atomic mass is 9.90. The molecule has 1 aromatic carbocycles. The molecule has 1 fully saturated rings. The zero-order chi connectivity index (χ0) is 16.1. The lowest BCUT2D eigenvalue weighted by Crippen LogP contribution is -2.29. The van der Waals surface area contributed by atoms with Crippen LogP contribution in [0, 0.1) is 0 Å². The van der Waals surface area contributed by atoms with E-state index in [0.29, 0.717) is 18.9 Å². The van der Waals surface area contributed by atoms with Crippen LogP contribution in [0.25, 0.3) is 0 Å². The summed E-state index contributed by atoms with van der Waals surface area (Å²) in [5.41, 5.74) is 9.84. The van der Waals surface area contributed by atoms with Gasteiger partial charge in [0.05, 0.1) is 6.54 Å². The molecule has 3 N–H and O–H groups in total. The number of hydrogen-bond acceptors (Lipinski definition) is 2. The first-order valence-corrected chi connectivity index (χ1v) is 8.69. The third-order valence-electron chi connectivity index (χ3n) is 4.73. The normalized spacial score (nSPS) is 17.2. The van der Waals surface area contributed by atoms with Crippen LogP contribution in [0.1, 0.15) is 43.2 Å². The Bertz CT molecular complexity index is 597. The molecular formula is C18H27IN4O. The molecule has 0 bridgehead atoms. The van der Waals surface area contributed by atoms with Crippen molar-refractivity contribution in [3.05, 3.63) is 29.3 Å². The zero-order valence-corrected chi connectivity index (χ0v) is 16.4. The van der Waals surface area contributed by atoms with Crippen molar-refractivity contribution in [2.24, 2.45) is 10.7 Å². The van der Waals surface area contributed by atoms with Crippen LogP contribution in [0.3, 0.4) is 0 Å². The number of guanidine groups is 1. The van der Waals surface area contributed by atoms with Crippen molar-refractivity contribution in [3.63, 3.8) is 0 Å². The monoisotopic (exact) mass is 442 g/mol. The minimum absolute atomic E-state index is 0.